The monoisotopic (exact) mass is 501 g/mol. The van der Waals surface area contributed by atoms with Crippen LogP contribution < -0.4 is 15.1 Å². The van der Waals surface area contributed by atoms with Crippen molar-refractivity contribution < 1.29 is 4.79 Å². The number of aromatic amines is 1. The van der Waals surface area contributed by atoms with Crippen molar-refractivity contribution in [2.45, 2.75) is 19.1 Å². The van der Waals surface area contributed by atoms with Gasteiger partial charge in [0.05, 0.1) is 18.6 Å². The summed E-state index contributed by atoms with van der Waals surface area (Å²) in [6.07, 6.45) is 3.59. The molecule has 0 fully saturated rings. The van der Waals surface area contributed by atoms with E-state index in [2.05, 4.69) is 85.7 Å². The maximum Gasteiger partial charge on any atom is 0.187 e. The van der Waals surface area contributed by atoms with E-state index in [9.17, 15) is 4.79 Å². The van der Waals surface area contributed by atoms with E-state index in [-0.39, 0.29) is 11.8 Å². The lowest BCUT2D eigenvalue weighted by Gasteiger charge is -2.32. The molecule has 2 N–H and O–H groups in total. The summed E-state index contributed by atoms with van der Waals surface area (Å²) in [4.78, 5) is 26.2. The van der Waals surface area contributed by atoms with Crippen LogP contribution in [0.3, 0.4) is 0 Å². The van der Waals surface area contributed by atoms with Crippen LogP contribution in [-0.2, 0) is 13.1 Å². The first-order valence-corrected chi connectivity index (χ1v) is 13.0. The fraction of sp³-hybridized carbons (Fsp3) is 0.188. The molecule has 38 heavy (non-hydrogen) atoms. The maximum absolute atomic E-state index is 14.4. The number of imidazole rings is 1. The zero-order valence-electron chi connectivity index (χ0n) is 21.7. The SMILES string of the molecule is CN(C)c1ccc(C(=O)C2CNCc3cc(-c4ccccc4)ccc3N2Cc2c[nH]cn2)c2ccccc12. The number of aromatic nitrogens is 2. The molecule has 0 bridgehead atoms. The van der Waals surface area contributed by atoms with Crippen LogP contribution in [0.1, 0.15) is 21.6 Å². The molecule has 2 heterocycles. The summed E-state index contributed by atoms with van der Waals surface area (Å²) in [5.41, 5.74) is 7.32. The minimum Gasteiger partial charge on any atom is -0.377 e. The lowest BCUT2D eigenvalue weighted by atomic mass is 9.94. The van der Waals surface area contributed by atoms with Gasteiger partial charge in [-0.2, -0.15) is 0 Å². The van der Waals surface area contributed by atoms with Gasteiger partial charge in [-0.15, -0.1) is 0 Å². The molecule has 6 nitrogen and oxygen atoms in total. The molecular formula is C32H31N5O. The molecule has 6 rings (SSSR count). The second-order valence-electron chi connectivity index (χ2n) is 9.98. The van der Waals surface area contributed by atoms with E-state index in [0.29, 0.717) is 19.6 Å². The van der Waals surface area contributed by atoms with Crippen LogP contribution in [0.4, 0.5) is 11.4 Å². The lowest BCUT2D eigenvalue weighted by molar-refractivity contribution is 0.0958. The number of nitrogens with one attached hydrogen (secondary N) is 2. The number of hydrogen-bond donors (Lipinski definition) is 2. The van der Waals surface area contributed by atoms with Crippen molar-refractivity contribution in [3.8, 4) is 11.1 Å². The van der Waals surface area contributed by atoms with E-state index in [1.54, 1.807) is 6.33 Å². The van der Waals surface area contributed by atoms with Gasteiger partial charge in [0.2, 0.25) is 0 Å². The highest BCUT2D eigenvalue weighted by atomic mass is 16.1. The summed E-state index contributed by atoms with van der Waals surface area (Å²) in [5, 5.41) is 5.63. The molecule has 1 aromatic heterocycles. The van der Waals surface area contributed by atoms with Gasteiger partial charge in [-0.25, -0.2) is 4.98 Å². The summed E-state index contributed by atoms with van der Waals surface area (Å²) in [5.74, 6) is 0.106. The second-order valence-corrected chi connectivity index (χ2v) is 9.98. The van der Waals surface area contributed by atoms with E-state index in [1.807, 2.05) is 44.6 Å². The number of nitrogens with zero attached hydrogens (tertiary/aromatic N) is 3. The topological polar surface area (TPSA) is 64.3 Å². The van der Waals surface area contributed by atoms with Crippen LogP contribution in [-0.4, -0.2) is 42.4 Å². The van der Waals surface area contributed by atoms with E-state index < -0.39 is 0 Å². The molecule has 0 amide bonds. The summed E-state index contributed by atoms with van der Waals surface area (Å²) < 4.78 is 0. The van der Waals surface area contributed by atoms with Crippen molar-refractivity contribution in [2.75, 3.05) is 30.4 Å². The standard InChI is InChI=1S/C32H31N5O/c1-36(2)30-15-13-28(26-10-6-7-11-27(26)30)32(38)31-19-33-17-24-16-23(22-8-4-3-5-9-22)12-14-29(24)37(31)20-25-18-34-21-35-25/h3-16,18,21,31,33H,17,19-20H2,1-2H3,(H,34,35). The normalized spacial score (nSPS) is 15.2. The summed E-state index contributed by atoms with van der Waals surface area (Å²) in [6, 6.07) is 28.8. The third-order valence-corrected chi connectivity index (χ3v) is 7.36. The fourth-order valence-electron chi connectivity index (χ4n) is 5.49. The van der Waals surface area contributed by atoms with Gasteiger partial charge in [0.15, 0.2) is 5.78 Å². The molecule has 1 aliphatic rings. The Morgan fingerprint density at radius 1 is 0.947 bits per heavy atom. The van der Waals surface area contributed by atoms with E-state index in [1.165, 1.54) is 16.7 Å². The van der Waals surface area contributed by atoms with Gasteiger partial charge in [0.25, 0.3) is 0 Å². The van der Waals surface area contributed by atoms with Crippen LogP contribution in [0.5, 0.6) is 0 Å². The number of Topliss-reactive ketones (excluding diaryl/α,β-unsaturated/α-hetero) is 1. The summed E-state index contributed by atoms with van der Waals surface area (Å²) in [7, 11) is 4.06. The van der Waals surface area contributed by atoms with Crippen LogP contribution in [0, 0.1) is 0 Å². The van der Waals surface area contributed by atoms with Crippen molar-refractivity contribution >= 4 is 27.9 Å². The molecule has 0 spiro atoms. The van der Waals surface area contributed by atoms with Gasteiger partial charge in [0.1, 0.15) is 6.04 Å². The average molecular weight is 502 g/mol. The van der Waals surface area contributed by atoms with Crippen molar-refractivity contribution in [1.82, 2.24) is 15.3 Å². The van der Waals surface area contributed by atoms with Gasteiger partial charge in [0, 0.05) is 55.7 Å². The predicted molar refractivity (Wildman–Crippen MR) is 155 cm³/mol. The van der Waals surface area contributed by atoms with Crippen LogP contribution in [0.2, 0.25) is 0 Å². The fourth-order valence-corrected chi connectivity index (χ4v) is 5.49. The highest BCUT2D eigenvalue weighted by molar-refractivity contribution is 6.14. The largest absolute Gasteiger partial charge is 0.377 e. The van der Waals surface area contributed by atoms with Gasteiger partial charge in [-0.1, -0.05) is 60.7 Å². The number of rotatable bonds is 6. The number of ketones is 1. The zero-order chi connectivity index (χ0) is 26.1. The predicted octanol–water partition coefficient (Wildman–Crippen LogP) is 5.66. The number of carbonyl (C=O) groups excluding carboxylic acids is 1. The van der Waals surface area contributed by atoms with Gasteiger partial charge in [-0.3, -0.25) is 4.79 Å². The van der Waals surface area contributed by atoms with Crippen molar-refractivity contribution in [1.29, 1.82) is 0 Å². The second kappa shape index (κ2) is 10.1. The minimum absolute atomic E-state index is 0.106. The molecule has 4 aromatic carbocycles. The number of benzene rings is 4. The molecule has 1 aliphatic heterocycles. The Morgan fingerprint density at radius 3 is 2.50 bits per heavy atom. The van der Waals surface area contributed by atoms with Crippen LogP contribution >= 0.6 is 0 Å². The number of H-pyrrole nitrogens is 1. The van der Waals surface area contributed by atoms with E-state index in [0.717, 1.165) is 33.4 Å². The molecule has 1 atom stereocenters. The van der Waals surface area contributed by atoms with Crippen molar-refractivity contribution in [3.63, 3.8) is 0 Å². The Kier molecular flexibility index (Phi) is 6.40. The number of fused-ring (bicyclic) bond motifs is 2. The highest BCUT2D eigenvalue weighted by Gasteiger charge is 2.32. The van der Waals surface area contributed by atoms with E-state index >= 15 is 0 Å². The lowest BCUT2D eigenvalue weighted by Crippen LogP contribution is -2.46. The van der Waals surface area contributed by atoms with Crippen LogP contribution in [0.15, 0.2) is 97.5 Å². The molecule has 190 valence electrons. The first-order valence-electron chi connectivity index (χ1n) is 13.0. The minimum atomic E-state index is -0.385. The van der Waals surface area contributed by atoms with Gasteiger partial charge >= 0.3 is 0 Å². The number of carbonyl (C=O) groups is 1. The Hall–Kier alpha value is -4.42. The third-order valence-electron chi connectivity index (χ3n) is 7.36. The van der Waals surface area contributed by atoms with Crippen molar-refractivity contribution in [3.05, 3.63) is 114 Å². The molecule has 0 aliphatic carbocycles. The molecule has 0 radical (unpaired) electrons. The Morgan fingerprint density at radius 2 is 1.74 bits per heavy atom. The quantitative estimate of drug-likeness (QED) is 0.294. The Bertz CT molecular complexity index is 1580. The first-order chi connectivity index (χ1) is 18.6. The molecule has 5 aromatic rings. The smallest absolute Gasteiger partial charge is 0.187 e. The third kappa shape index (κ3) is 4.44. The average Bonchev–Trinajstić information content (AvgIpc) is 3.40. The molecule has 1 unspecified atom stereocenters. The number of anilines is 2. The van der Waals surface area contributed by atoms with Crippen molar-refractivity contribution in [2.24, 2.45) is 0 Å². The van der Waals surface area contributed by atoms with Crippen LogP contribution in [0.25, 0.3) is 21.9 Å². The molecule has 6 heteroatoms. The molecule has 0 saturated heterocycles. The van der Waals surface area contributed by atoms with Gasteiger partial charge < -0.3 is 20.1 Å². The summed E-state index contributed by atoms with van der Waals surface area (Å²) >= 11 is 0. The zero-order valence-corrected chi connectivity index (χ0v) is 21.7. The Labute approximate surface area is 222 Å². The van der Waals surface area contributed by atoms with E-state index in [4.69, 9.17) is 0 Å². The Balaban J connectivity index is 1.44. The number of hydrogen-bond acceptors (Lipinski definition) is 5. The van der Waals surface area contributed by atoms with Gasteiger partial charge in [-0.05, 0) is 46.3 Å². The first kappa shape index (κ1) is 23.9. The highest BCUT2D eigenvalue weighted by Crippen LogP contribution is 2.34. The maximum atomic E-state index is 14.4. The molecular weight excluding hydrogens is 470 g/mol. The molecule has 0 saturated carbocycles. The summed E-state index contributed by atoms with van der Waals surface area (Å²) in [6.45, 7) is 1.77.